The number of likely N-dealkylation sites (tertiary alicyclic amines) is 2. The highest BCUT2D eigenvalue weighted by atomic mass is 15.3. The first-order valence-corrected chi connectivity index (χ1v) is 9.21. The minimum atomic E-state index is 0.387. The second-order valence-electron chi connectivity index (χ2n) is 9.65. The zero-order valence-electron chi connectivity index (χ0n) is 15.0. The first kappa shape index (κ1) is 15.8. The Morgan fingerprint density at radius 3 is 2.19 bits per heavy atom. The molecule has 2 aliphatic heterocycles. The highest BCUT2D eigenvalue weighted by Gasteiger charge is 2.54. The molecule has 1 unspecified atom stereocenters. The molecule has 21 heavy (non-hydrogen) atoms. The van der Waals surface area contributed by atoms with E-state index in [0.29, 0.717) is 5.54 Å². The molecule has 1 aliphatic carbocycles. The Kier molecular flexibility index (Phi) is 4.16. The van der Waals surface area contributed by atoms with Crippen LogP contribution in [0.2, 0.25) is 0 Å². The smallest absolute Gasteiger partial charge is 0.0125 e. The van der Waals surface area contributed by atoms with Gasteiger partial charge in [-0.15, -0.1) is 0 Å². The molecule has 0 aromatic heterocycles. The number of rotatable bonds is 3. The van der Waals surface area contributed by atoms with Crippen LogP contribution in [0.25, 0.3) is 0 Å². The van der Waals surface area contributed by atoms with E-state index in [2.05, 4.69) is 44.5 Å². The monoisotopic (exact) mass is 292 g/mol. The zero-order valence-corrected chi connectivity index (χ0v) is 15.0. The minimum absolute atomic E-state index is 0.387. The average Bonchev–Trinajstić information content (AvgIpc) is 2.29. The normalized spacial score (nSPS) is 30.1. The summed E-state index contributed by atoms with van der Waals surface area (Å²) >= 11 is 0. The summed E-state index contributed by atoms with van der Waals surface area (Å²) in [5.41, 5.74) is 1.13. The van der Waals surface area contributed by atoms with E-state index in [4.69, 9.17) is 0 Å². The molecular formula is C19H36N2. The van der Waals surface area contributed by atoms with Crippen molar-refractivity contribution in [3.05, 3.63) is 0 Å². The lowest BCUT2D eigenvalue weighted by Crippen LogP contribution is -2.66. The van der Waals surface area contributed by atoms with Crippen LogP contribution in [0.4, 0.5) is 0 Å². The lowest BCUT2D eigenvalue weighted by molar-refractivity contribution is -0.134. The maximum absolute atomic E-state index is 2.67. The van der Waals surface area contributed by atoms with Crippen molar-refractivity contribution in [1.82, 2.24) is 9.80 Å². The summed E-state index contributed by atoms with van der Waals surface area (Å²) in [5, 5.41) is 0. The third-order valence-electron chi connectivity index (χ3n) is 6.72. The van der Waals surface area contributed by atoms with Crippen molar-refractivity contribution in [2.75, 3.05) is 33.2 Å². The van der Waals surface area contributed by atoms with E-state index in [1.807, 2.05) is 0 Å². The predicted molar refractivity (Wildman–Crippen MR) is 90.5 cm³/mol. The Hall–Kier alpha value is -0.0800. The molecule has 0 radical (unpaired) electrons. The number of piperidine rings is 1. The van der Waals surface area contributed by atoms with Crippen molar-refractivity contribution in [1.29, 1.82) is 0 Å². The molecule has 3 rings (SSSR count). The number of hydrogen-bond donors (Lipinski definition) is 0. The number of nitrogens with zero attached hydrogens (tertiary/aromatic N) is 2. The van der Waals surface area contributed by atoms with Gasteiger partial charge in [-0.3, -0.25) is 4.90 Å². The van der Waals surface area contributed by atoms with Crippen molar-refractivity contribution in [3.63, 3.8) is 0 Å². The van der Waals surface area contributed by atoms with Gasteiger partial charge in [0.25, 0.3) is 0 Å². The van der Waals surface area contributed by atoms with Gasteiger partial charge in [-0.2, -0.15) is 0 Å². The molecule has 0 N–H and O–H groups in total. The Morgan fingerprint density at radius 1 is 1.10 bits per heavy atom. The molecule has 3 aliphatic rings. The fourth-order valence-electron chi connectivity index (χ4n) is 5.14. The maximum atomic E-state index is 2.67. The first-order valence-electron chi connectivity index (χ1n) is 9.21. The largest absolute Gasteiger partial charge is 0.306 e. The van der Waals surface area contributed by atoms with Crippen molar-refractivity contribution >= 4 is 0 Å². The summed E-state index contributed by atoms with van der Waals surface area (Å²) < 4.78 is 0. The van der Waals surface area contributed by atoms with Crippen molar-refractivity contribution in [3.8, 4) is 0 Å². The van der Waals surface area contributed by atoms with Gasteiger partial charge in [0.2, 0.25) is 0 Å². The van der Waals surface area contributed by atoms with Crippen LogP contribution in [0.15, 0.2) is 0 Å². The molecule has 1 saturated carbocycles. The van der Waals surface area contributed by atoms with Crippen molar-refractivity contribution < 1.29 is 0 Å². The molecule has 2 nitrogen and oxygen atoms in total. The fourth-order valence-corrected chi connectivity index (χ4v) is 5.14. The van der Waals surface area contributed by atoms with E-state index in [1.54, 1.807) is 0 Å². The van der Waals surface area contributed by atoms with Crippen LogP contribution in [0.1, 0.15) is 59.8 Å². The van der Waals surface area contributed by atoms with E-state index in [9.17, 15) is 0 Å². The second kappa shape index (κ2) is 5.53. The third-order valence-corrected chi connectivity index (χ3v) is 6.72. The predicted octanol–water partition coefficient (Wildman–Crippen LogP) is 3.86. The molecular weight excluding hydrogens is 256 g/mol. The molecule has 2 heterocycles. The van der Waals surface area contributed by atoms with E-state index in [-0.39, 0.29) is 0 Å². The van der Waals surface area contributed by atoms with E-state index < -0.39 is 0 Å². The van der Waals surface area contributed by atoms with Crippen LogP contribution in [-0.4, -0.2) is 48.6 Å². The molecule has 2 saturated heterocycles. The lowest BCUT2D eigenvalue weighted by atomic mass is 9.55. The SMILES string of the molecule is CC(CC1CC2(C1)CN(C(C)(C)C)C2)C1CCN(C)CC1. The lowest BCUT2D eigenvalue weighted by Gasteiger charge is -2.63. The van der Waals surface area contributed by atoms with Gasteiger partial charge in [0, 0.05) is 18.6 Å². The van der Waals surface area contributed by atoms with Gasteiger partial charge >= 0.3 is 0 Å². The average molecular weight is 293 g/mol. The molecule has 2 heteroatoms. The maximum Gasteiger partial charge on any atom is 0.0125 e. The molecule has 1 spiro atoms. The van der Waals surface area contributed by atoms with Gasteiger partial charge in [0.1, 0.15) is 0 Å². The Bertz CT molecular complexity index is 348. The number of hydrogen-bond acceptors (Lipinski definition) is 2. The molecule has 0 aromatic rings. The van der Waals surface area contributed by atoms with Crippen LogP contribution < -0.4 is 0 Å². The van der Waals surface area contributed by atoms with Crippen LogP contribution in [-0.2, 0) is 0 Å². The molecule has 1 atom stereocenters. The molecule has 122 valence electrons. The van der Waals surface area contributed by atoms with Gasteiger partial charge in [0.15, 0.2) is 0 Å². The van der Waals surface area contributed by atoms with E-state index >= 15 is 0 Å². The molecule has 3 fully saturated rings. The van der Waals surface area contributed by atoms with Crippen LogP contribution >= 0.6 is 0 Å². The van der Waals surface area contributed by atoms with Crippen molar-refractivity contribution in [2.24, 2.45) is 23.2 Å². The highest BCUT2D eigenvalue weighted by Crippen LogP contribution is 2.55. The minimum Gasteiger partial charge on any atom is -0.306 e. The van der Waals surface area contributed by atoms with Crippen LogP contribution in [0, 0.1) is 23.2 Å². The molecule has 0 amide bonds. The first-order chi connectivity index (χ1) is 9.77. The Morgan fingerprint density at radius 2 is 1.67 bits per heavy atom. The standard InChI is InChI=1S/C19H36N2/c1-15(17-6-8-20(5)9-7-17)10-16-11-19(12-16)13-21(14-19)18(2,3)4/h15-17H,6-14H2,1-5H3. The van der Waals surface area contributed by atoms with Gasteiger partial charge in [0.05, 0.1) is 0 Å². The van der Waals surface area contributed by atoms with Crippen LogP contribution in [0.5, 0.6) is 0 Å². The highest BCUT2D eigenvalue weighted by molar-refractivity contribution is 5.07. The molecule has 0 bridgehead atoms. The van der Waals surface area contributed by atoms with E-state index in [0.717, 1.165) is 23.2 Å². The fraction of sp³-hybridized carbons (Fsp3) is 1.00. The summed E-state index contributed by atoms with van der Waals surface area (Å²) in [6.45, 7) is 15.0. The van der Waals surface area contributed by atoms with Gasteiger partial charge in [-0.25, -0.2) is 0 Å². The van der Waals surface area contributed by atoms with E-state index in [1.165, 1.54) is 58.3 Å². The summed E-state index contributed by atoms with van der Waals surface area (Å²) in [6.07, 6.45) is 7.43. The second-order valence-corrected chi connectivity index (χ2v) is 9.65. The Labute approximate surface area is 132 Å². The Balaban J connectivity index is 1.38. The van der Waals surface area contributed by atoms with Gasteiger partial charge < -0.3 is 4.90 Å². The van der Waals surface area contributed by atoms with Gasteiger partial charge in [-0.1, -0.05) is 6.92 Å². The van der Waals surface area contributed by atoms with Crippen LogP contribution in [0.3, 0.4) is 0 Å². The summed E-state index contributed by atoms with van der Waals surface area (Å²) in [5.74, 6) is 3.01. The zero-order chi connectivity index (χ0) is 15.3. The topological polar surface area (TPSA) is 6.48 Å². The third kappa shape index (κ3) is 3.32. The van der Waals surface area contributed by atoms with Crippen molar-refractivity contribution in [2.45, 2.75) is 65.3 Å². The quantitative estimate of drug-likeness (QED) is 0.779. The molecule has 0 aromatic carbocycles. The van der Waals surface area contributed by atoms with Gasteiger partial charge in [-0.05, 0) is 96.2 Å². The summed E-state index contributed by atoms with van der Waals surface area (Å²) in [4.78, 5) is 5.17. The summed E-state index contributed by atoms with van der Waals surface area (Å²) in [6, 6.07) is 0. The summed E-state index contributed by atoms with van der Waals surface area (Å²) in [7, 11) is 2.27.